The minimum absolute atomic E-state index is 0.210. The molecule has 0 spiro atoms. The van der Waals surface area contributed by atoms with E-state index in [0.717, 1.165) is 5.56 Å². The third-order valence-electron chi connectivity index (χ3n) is 3.51. The Bertz CT molecular complexity index is 700. The molecule has 1 atom stereocenters. The predicted octanol–water partition coefficient (Wildman–Crippen LogP) is 3.06. The maximum Gasteiger partial charge on any atom is 0.273 e. The number of nitrogens with one attached hydrogen (secondary N) is 1. The van der Waals surface area contributed by atoms with Gasteiger partial charge in [0, 0.05) is 18.3 Å². The van der Waals surface area contributed by atoms with Gasteiger partial charge in [0.2, 0.25) is 0 Å². The van der Waals surface area contributed by atoms with Gasteiger partial charge in [-0.2, -0.15) is 5.10 Å². The summed E-state index contributed by atoms with van der Waals surface area (Å²) in [5, 5.41) is 7.38. The molecular formula is C16H20ClN3O3. The second-order valence-corrected chi connectivity index (χ2v) is 5.39. The van der Waals surface area contributed by atoms with Crippen molar-refractivity contribution in [3.05, 3.63) is 40.7 Å². The van der Waals surface area contributed by atoms with E-state index in [9.17, 15) is 4.79 Å². The Balaban J connectivity index is 2.22. The van der Waals surface area contributed by atoms with E-state index in [2.05, 4.69) is 10.4 Å². The molecule has 0 aliphatic rings. The minimum Gasteiger partial charge on any atom is -0.497 e. The molecule has 0 fully saturated rings. The molecule has 1 aromatic carbocycles. The maximum absolute atomic E-state index is 12.4. The van der Waals surface area contributed by atoms with E-state index in [-0.39, 0.29) is 17.6 Å². The number of aryl methyl sites for hydroxylation is 1. The van der Waals surface area contributed by atoms with Crippen LogP contribution in [-0.4, -0.2) is 29.9 Å². The number of aromatic nitrogens is 2. The summed E-state index contributed by atoms with van der Waals surface area (Å²) in [4.78, 5) is 12.4. The lowest BCUT2D eigenvalue weighted by atomic mass is 10.1. The van der Waals surface area contributed by atoms with Crippen LogP contribution >= 0.6 is 11.6 Å². The summed E-state index contributed by atoms with van der Waals surface area (Å²) >= 11 is 6.07. The summed E-state index contributed by atoms with van der Waals surface area (Å²) in [6, 6.07) is 5.14. The Morgan fingerprint density at radius 1 is 1.39 bits per heavy atom. The van der Waals surface area contributed by atoms with Crippen LogP contribution in [0.2, 0.25) is 5.02 Å². The molecule has 0 saturated carbocycles. The van der Waals surface area contributed by atoms with Crippen LogP contribution in [0.25, 0.3) is 0 Å². The van der Waals surface area contributed by atoms with E-state index in [1.807, 2.05) is 19.9 Å². The molecular weight excluding hydrogens is 318 g/mol. The van der Waals surface area contributed by atoms with E-state index in [0.29, 0.717) is 23.1 Å². The fourth-order valence-corrected chi connectivity index (χ4v) is 2.47. The molecule has 0 aliphatic carbocycles. The number of halogens is 1. The van der Waals surface area contributed by atoms with Gasteiger partial charge in [-0.05, 0) is 32.0 Å². The van der Waals surface area contributed by atoms with Crippen molar-refractivity contribution in [1.82, 2.24) is 15.1 Å². The van der Waals surface area contributed by atoms with Gasteiger partial charge in [0.25, 0.3) is 5.91 Å². The molecule has 23 heavy (non-hydrogen) atoms. The number of carbonyl (C=O) groups excluding carboxylic acids is 1. The Labute approximate surface area is 140 Å². The number of amides is 1. The monoisotopic (exact) mass is 337 g/mol. The zero-order valence-corrected chi connectivity index (χ0v) is 14.3. The highest BCUT2D eigenvalue weighted by molar-refractivity contribution is 6.33. The molecule has 1 N–H and O–H groups in total. The summed E-state index contributed by atoms with van der Waals surface area (Å²) < 4.78 is 12.2. The number of hydrogen-bond acceptors (Lipinski definition) is 4. The van der Waals surface area contributed by atoms with Crippen molar-refractivity contribution in [2.24, 2.45) is 0 Å². The molecule has 0 bridgehead atoms. The molecule has 0 aliphatic heterocycles. The van der Waals surface area contributed by atoms with Crippen molar-refractivity contribution in [2.75, 3.05) is 14.2 Å². The average molecular weight is 338 g/mol. The highest BCUT2D eigenvalue weighted by atomic mass is 35.5. The summed E-state index contributed by atoms with van der Waals surface area (Å²) in [7, 11) is 3.17. The molecule has 7 heteroatoms. The van der Waals surface area contributed by atoms with E-state index < -0.39 is 0 Å². The Morgan fingerprint density at radius 3 is 2.70 bits per heavy atom. The maximum atomic E-state index is 12.4. The molecule has 0 radical (unpaired) electrons. The Kier molecular flexibility index (Phi) is 5.50. The minimum atomic E-state index is -0.334. The van der Waals surface area contributed by atoms with Gasteiger partial charge in [-0.3, -0.25) is 9.48 Å². The molecule has 1 unspecified atom stereocenters. The number of hydrogen-bond donors (Lipinski definition) is 1. The van der Waals surface area contributed by atoms with Crippen molar-refractivity contribution in [1.29, 1.82) is 0 Å². The molecule has 2 rings (SSSR count). The summed E-state index contributed by atoms with van der Waals surface area (Å²) in [6.45, 7) is 4.43. The SMILES string of the molecule is CCn1cc(Cl)c(C(=O)NC(C)c2cc(OC)ccc2OC)n1. The molecule has 6 nitrogen and oxygen atoms in total. The predicted molar refractivity (Wildman–Crippen MR) is 88.3 cm³/mol. The van der Waals surface area contributed by atoms with Gasteiger partial charge in [0.1, 0.15) is 11.5 Å². The largest absolute Gasteiger partial charge is 0.497 e. The first-order valence-electron chi connectivity index (χ1n) is 7.25. The van der Waals surface area contributed by atoms with Gasteiger partial charge in [-0.1, -0.05) is 11.6 Å². The van der Waals surface area contributed by atoms with Crippen molar-refractivity contribution in [3.63, 3.8) is 0 Å². The van der Waals surface area contributed by atoms with Crippen LogP contribution in [0.3, 0.4) is 0 Å². The highest BCUT2D eigenvalue weighted by Gasteiger charge is 2.20. The fourth-order valence-electron chi connectivity index (χ4n) is 2.23. The van der Waals surface area contributed by atoms with Gasteiger partial charge in [-0.15, -0.1) is 0 Å². The molecule has 1 heterocycles. The average Bonchev–Trinajstić information content (AvgIpc) is 2.95. The number of rotatable bonds is 6. The fraction of sp³-hybridized carbons (Fsp3) is 0.375. The Hall–Kier alpha value is -2.21. The third-order valence-corrected chi connectivity index (χ3v) is 3.78. The Morgan fingerprint density at radius 2 is 2.13 bits per heavy atom. The first-order valence-corrected chi connectivity index (χ1v) is 7.63. The highest BCUT2D eigenvalue weighted by Crippen LogP contribution is 2.29. The van der Waals surface area contributed by atoms with E-state index >= 15 is 0 Å². The lowest BCUT2D eigenvalue weighted by Gasteiger charge is -2.17. The van der Waals surface area contributed by atoms with Crippen LogP contribution in [-0.2, 0) is 6.54 Å². The zero-order chi connectivity index (χ0) is 17.0. The normalized spacial score (nSPS) is 11.9. The summed E-state index contributed by atoms with van der Waals surface area (Å²) in [6.07, 6.45) is 1.63. The molecule has 1 aromatic heterocycles. The number of carbonyl (C=O) groups is 1. The van der Waals surface area contributed by atoms with E-state index in [1.165, 1.54) is 0 Å². The molecule has 1 amide bonds. The summed E-state index contributed by atoms with van der Waals surface area (Å²) in [5.41, 5.74) is 1.02. The lowest BCUT2D eigenvalue weighted by Crippen LogP contribution is -2.27. The van der Waals surface area contributed by atoms with Gasteiger partial charge in [-0.25, -0.2) is 0 Å². The van der Waals surface area contributed by atoms with Gasteiger partial charge >= 0.3 is 0 Å². The van der Waals surface area contributed by atoms with Crippen LogP contribution in [0.5, 0.6) is 11.5 Å². The smallest absolute Gasteiger partial charge is 0.273 e. The van der Waals surface area contributed by atoms with Crippen LogP contribution in [0.1, 0.15) is 35.9 Å². The first-order chi connectivity index (χ1) is 11.0. The number of ether oxygens (including phenoxy) is 2. The molecule has 2 aromatic rings. The molecule has 124 valence electrons. The van der Waals surface area contributed by atoms with Crippen LogP contribution in [0.15, 0.2) is 24.4 Å². The van der Waals surface area contributed by atoms with Crippen molar-refractivity contribution in [3.8, 4) is 11.5 Å². The number of nitrogens with zero attached hydrogens (tertiary/aromatic N) is 2. The third kappa shape index (κ3) is 3.76. The number of benzene rings is 1. The van der Waals surface area contributed by atoms with Crippen molar-refractivity contribution in [2.45, 2.75) is 26.4 Å². The zero-order valence-electron chi connectivity index (χ0n) is 13.6. The number of methoxy groups -OCH3 is 2. The van der Waals surface area contributed by atoms with Gasteiger partial charge < -0.3 is 14.8 Å². The van der Waals surface area contributed by atoms with Crippen molar-refractivity contribution >= 4 is 17.5 Å². The van der Waals surface area contributed by atoms with Crippen LogP contribution in [0, 0.1) is 0 Å². The standard InChI is InChI=1S/C16H20ClN3O3/c1-5-20-9-13(17)15(19-20)16(21)18-10(2)12-8-11(22-3)6-7-14(12)23-4/h6-10H,5H2,1-4H3,(H,18,21). The van der Waals surface area contributed by atoms with Gasteiger partial charge in [0.15, 0.2) is 5.69 Å². The second-order valence-electron chi connectivity index (χ2n) is 4.98. The van der Waals surface area contributed by atoms with E-state index in [1.54, 1.807) is 37.2 Å². The van der Waals surface area contributed by atoms with Crippen LogP contribution in [0.4, 0.5) is 0 Å². The van der Waals surface area contributed by atoms with Crippen molar-refractivity contribution < 1.29 is 14.3 Å². The first kappa shape index (κ1) is 17.1. The topological polar surface area (TPSA) is 65.4 Å². The van der Waals surface area contributed by atoms with E-state index in [4.69, 9.17) is 21.1 Å². The second kappa shape index (κ2) is 7.37. The quantitative estimate of drug-likeness (QED) is 0.879. The van der Waals surface area contributed by atoms with Gasteiger partial charge in [0.05, 0.1) is 25.3 Å². The van der Waals surface area contributed by atoms with Crippen LogP contribution < -0.4 is 14.8 Å². The summed E-state index contributed by atoms with van der Waals surface area (Å²) in [5.74, 6) is 1.03. The molecule has 0 saturated heterocycles. The lowest BCUT2D eigenvalue weighted by molar-refractivity contribution is 0.0933.